The minimum atomic E-state index is -0.933. The summed E-state index contributed by atoms with van der Waals surface area (Å²) >= 11 is 2.78. The van der Waals surface area contributed by atoms with Gasteiger partial charge in [-0.2, -0.15) is 5.26 Å². The number of carboxylic acids is 1. The quantitative estimate of drug-likeness (QED) is 0.568. The van der Waals surface area contributed by atoms with E-state index in [0.29, 0.717) is 16.2 Å². The van der Waals surface area contributed by atoms with Crippen LogP contribution in [0.25, 0.3) is 10.6 Å². The fourth-order valence-electron chi connectivity index (χ4n) is 3.61. The third-order valence-corrected chi connectivity index (χ3v) is 7.01. The van der Waals surface area contributed by atoms with Gasteiger partial charge in [-0.15, -0.1) is 11.3 Å². The lowest BCUT2D eigenvalue weighted by atomic mass is 9.88. The Morgan fingerprint density at radius 3 is 2.54 bits per heavy atom. The second-order valence-electron chi connectivity index (χ2n) is 6.64. The van der Waals surface area contributed by atoms with E-state index in [0.717, 1.165) is 59.1 Å². The second-order valence-corrected chi connectivity index (χ2v) is 8.68. The molecule has 0 bridgehead atoms. The minimum absolute atomic E-state index is 0.516. The molecule has 0 saturated carbocycles. The number of carboxylic acid groups (broad SMARTS) is 1. The van der Waals surface area contributed by atoms with E-state index in [1.54, 1.807) is 23.5 Å². The van der Waals surface area contributed by atoms with Gasteiger partial charge in [0.05, 0.1) is 16.1 Å². The Balaban J connectivity index is 1.85. The van der Waals surface area contributed by atoms with Crippen LogP contribution in [-0.4, -0.2) is 16.1 Å². The maximum Gasteiger partial charge on any atom is 0.321 e. The van der Waals surface area contributed by atoms with Crippen LogP contribution in [0.4, 0.5) is 0 Å². The Bertz CT molecular complexity index is 1040. The summed E-state index contributed by atoms with van der Waals surface area (Å²) in [6.07, 6.45) is 3.89. The van der Waals surface area contributed by atoms with Crippen molar-refractivity contribution in [3.63, 3.8) is 0 Å². The number of carbonyl (C=O) groups is 1. The Hall–Kier alpha value is -2.62. The molecule has 2 aromatic heterocycles. The van der Waals surface area contributed by atoms with Crippen molar-refractivity contribution < 1.29 is 9.90 Å². The van der Waals surface area contributed by atoms with Crippen molar-refractivity contribution in [3.05, 3.63) is 70.1 Å². The van der Waals surface area contributed by atoms with E-state index in [1.165, 1.54) is 0 Å². The van der Waals surface area contributed by atoms with Crippen LogP contribution < -0.4 is 0 Å². The van der Waals surface area contributed by atoms with Crippen molar-refractivity contribution in [2.45, 2.75) is 36.0 Å². The van der Waals surface area contributed by atoms with Crippen LogP contribution in [-0.2, 0) is 17.6 Å². The lowest BCUT2D eigenvalue weighted by molar-refractivity contribution is -0.136. The molecule has 2 heterocycles. The topological polar surface area (TPSA) is 74.0 Å². The van der Waals surface area contributed by atoms with Crippen LogP contribution in [0.5, 0.6) is 0 Å². The lowest BCUT2D eigenvalue weighted by Gasteiger charge is -2.22. The summed E-state index contributed by atoms with van der Waals surface area (Å²) < 4.78 is 0. The number of thiophene rings is 1. The molecule has 0 aliphatic heterocycles. The first kappa shape index (κ1) is 18.7. The number of nitrogens with zero attached hydrogens (tertiary/aromatic N) is 2. The average molecular weight is 407 g/mol. The highest BCUT2D eigenvalue weighted by Crippen LogP contribution is 2.42. The van der Waals surface area contributed by atoms with Gasteiger partial charge in [0.2, 0.25) is 0 Å². The van der Waals surface area contributed by atoms with Gasteiger partial charge in [-0.3, -0.25) is 4.79 Å². The van der Waals surface area contributed by atoms with Crippen molar-refractivity contribution in [1.82, 2.24) is 4.98 Å². The fraction of sp³-hybridized carbons (Fsp3) is 0.227. The normalized spacial score (nSPS) is 14.1. The predicted octanol–water partition coefficient (Wildman–Crippen LogP) is 5.48. The van der Waals surface area contributed by atoms with Gasteiger partial charge in [0.1, 0.15) is 16.3 Å². The summed E-state index contributed by atoms with van der Waals surface area (Å²) in [7, 11) is 0. The third kappa shape index (κ3) is 3.56. The summed E-state index contributed by atoms with van der Waals surface area (Å²) in [4.78, 5) is 17.9. The molecule has 140 valence electrons. The number of hydrogen-bond donors (Lipinski definition) is 1. The summed E-state index contributed by atoms with van der Waals surface area (Å²) in [6, 6.07) is 15.5. The third-order valence-electron chi connectivity index (χ3n) is 4.91. The highest BCUT2D eigenvalue weighted by Gasteiger charge is 2.28. The van der Waals surface area contributed by atoms with Crippen molar-refractivity contribution >= 4 is 29.1 Å². The van der Waals surface area contributed by atoms with E-state index in [4.69, 9.17) is 4.98 Å². The molecular formula is C22H18N2O2S2. The Labute approximate surface area is 171 Å². The van der Waals surface area contributed by atoms with Crippen LogP contribution in [0, 0.1) is 11.3 Å². The second kappa shape index (κ2) is 8.17. The predicted molar refractivity (Wildman–Crippen MR) is 112 cm³/mol. The van der Waals surface area contributed by atoms with Crippen LogP contribution in [0.3, 0.4) is 0 Å². The SMILES string of the molecule is N#Cc1c(S[C@@H](C(=O)O)c2ccccc2)nc(-c2cccs2)c2c1CCCC2. The van der Waals surface area contributed by atoms with E-state index >= 15 is 0 Å². The van der Waals surface area contributed by atoms with Crippen molar-refractivity contribution in [1.29, 1.82) is 5.26 Å². The zero-order valence-electron chi connectivity index (χ0n) is 15.1. The summed E-state index contributed by atoms with van der Waals surface area (Å²) in [5.41, 5.74) is 4.35. The smallest absolute Gasteiger partial charge is 0.321 e. The van der Waals surface area contributed by atoms with E-state index < -0.39 is 11.2 Å². The summed E-state index contributed by atoms with van der Waals surface area (Å²) in [5.74, 6) is -0.933. The van der Waals surface area contributed by atoms with Crippen LogP contribution in [0.1, 0.15) is 40.3 Å². The molecule has 6 heteroatoms. The standard InChI is InChI=1S/C22H18N2O2S2/c23-13-17-15-9-4-5-10-16(15)19(18-11-6-12-27-18)24-21(17)28-20(22(25)26)14-7-2-1-3-8-14/h1-3,6-8,11-12,20H,4-5,9-10H2,(H,25,26)/t20-/m1/s1. The Morgan fingerprint density at radius 1 is 1.14 bits per heavy atom. The molecule has 0 radical (unpaired) electrons. The Morgan fingerprint density at radius 2 is 1.89 bits per heavy atom. The molecule has 4 rings (SSSR count). The van der Waals surface area contributed by atoms with Gasteiger partial charge in [0, 0.05) is 0 Å². The zero-order valence-corrected chi connectivity index (χ0v) is 16.7. The largest absolute Gasteiger partial charge is 0.480 e. The first-order valence-corrected chi connectivity index (χ1v) is 10.9. The zero-order chi connectivity index (χ0) is 19.5. The number of nitriles is 1. The van der Waals surface area contributed by atoms with Gasteiger partial charge in [-0.1, -0.05) is 48.2 Å². The molecule has 0 saturated heterocycles. The number of benzene rings is 1. The van der Waals surface area contributed by atoms with Gasteiger partial charge < -0.3 is 5.11 Å². The molecule has 1 aliphatic carbocycles. The number of hydrogen-bond acceptors (Lipinski definition) is 5. The van der Waals surface area contributed by atoms with E-state index in [2.05, 4.69) is 6.07 Å². The first-order chi connectivity index (χ1) is 13.7. The van der Waals surface area contributed by atoms with Gasteiger partial charge in [0.25, 0.3) is 0 Å². The highest BCUT2D eigenvalue weighted by molar-refractivity contribution is 8.00. The summed E-state index contributed by atoms with van der Waals surface area (Å²) in [5, 5.41) is 21.4. The molecule has 1 aromatic carbocycles. The maximum absolute atomic E-state index is 12.0. The molecule has 1 aliphatic rings. The molecule has 1 N–H and O–H groups in total. The van der Waals surface area contributed by atoms with E-state index in [1.807, 2.05) is 35.7 Å². The van der Waals surface area contributed by atoms with Gasteiger partial charge in [-0.05, 0) is 53.8 Å². The molecule has 0 unspecified atom stereocenters. The molecule has 4 nitrogen and oxygen atoms in total. The van der Waals surface area contributed by atoms with E-state index in [-0.39, 0.29) is 0 Å². The average Bonchev–Trinajstić information content (AvgIpc) is 3.26. The van der Waals surface area contributed by atoms with Crippen LogP contribution >= 0.6 is 23.1 Å². The minimum Gasteiger partial charge on any atom is -0.480 e. The maximum atomic E-state index is 12.0. The molecule has 1 atom stereocenters. The van der Waals surface area contributed by atoms with Crippen molar-refractivity contribution in [3.8, 4) is 16.6 Å². The number of fused-ring (bicyclic) bond motifs is 1. The molecule has 0 fully saturated rings. The molecule has 0 spiro atoms. The Kier molecular flexibility index (Phi) is 5.47. The monoisotopic (exact) mass is 406 g/mol. The molecule has 0 amide bonds. The van der Waals surface area contributed by atoms with Gasteiger partial charge in [-0.25, -0.2) is 4.98 Å². The van der Waals surface area contributed by atoms with Gasteiger partial charge in [0.15, 0.2) is 0 Å². The molecule has 28 heavy (non-hydrogen) atoms. The van der Waals surface area contributed by atoms with Crippen LogP contribution in [0.15, 0.2) is 52.9 Å². The lowest BCUT2D eigenvalue weighted by Crippen LogP contribution is -2.13. The molecular weight excluding hydrogens is 388 g/mol. The number of pyridine rings is 1. The molecule has 3 aromatic rings. The van der Waals surface area contributed by atoms with E-state index in [9.17, 15) is 15.2 Å². The number of thioether (sulfide) groups is 1. The number of aromatic nitrogens is 1. The van der Waals surface area contributed by atoms with Crippen molar-refractivity contribution in [2.24, 2.45) is 0 Å². The highest BCUT2D eigenvalue weighted by atomic mass is 32.2. The number of rotatable bonds is 5. The van der Waals surface area contributed by atoms with Crippen molar-refractivity contribution in [2.75, 3.05) is 0 Å². The first-order valence-electron chi connectivity index (χ1n) is 9.13. The summed E-state index contributed by atoms with van der Waals surface area (Å²) in [6.45, 7) is 0. The number of aliphatic carboxylic acids is 1. The van der Waals surface area contributed by atoms with Gasteiger partial charge >= 0.3 is 5.97 Å². The fourth-order valence-corrected chi connectivity index (χ4v) is 5.40. The van der Waals surface area contributed by atoms with Crippen LogP contribution in [0.2, 0.25) is 0 Å².